The predicted molar refractivity (Wildman–Crippen MR) is 63.0 cm³/mol. The van der Waals surface area contributed by atoms with E-state index in [9.17, 15) is 8.42 Å². The molecule has 2 N–H and O–H groups in total. The SMILES string of the molecule is CC(Cl)(CCl)S(=O)(=O)c1ccc(N)cc1. The molecule has 15 heavy (non-hydrogen) atoms. The highest BCUT2D eigenvalue weighted by Crippen LogP contribution is 2.30. The molecule has 84 valence electrons. The van der Waals surface area contributed by atoms with Gasteiger partial charge in [0.25, 0.3) is 0 Å². The van der Waals surface area contributed by atoms with Crippen LogP contribution in [-0.2, 0) is 9.84 Å². The van der Waals surface area contributed by atoms with E-state index in [0.29, 0.717) is 5.69 Å². The zero-order valence-electron chi connectivity index (χ0n) is 8.07. The van der Waals surface area contributed by atoms with Crippen LogP contribution in [0.3, 0.4) is 0 Å². The maximum atomic E-state index is 11.9. The van der Waals surface area contributed by atoms with Crippen molar-refractivity contribution in [3.8, 4) is 0 Å². The van der Waals surface area contributed by atoms with Crippen molar-refractivity contribution in [2.45, 2.75) is 16.0 Å². The fourth-order valence-electron chi connectivity index (χ4n) is 0.965. The van der Waals surface area contributed by atoms with E-state index < -0.39 is 14.0 Å². The average Bonchev–Trinajstić information content (AvgIpc) is 2.18. The Morgan fingerprint density at radius 1 is 1.33 bits per heavy atom. The molecule has 1 aromatic rings. The molecule has 0 radical (unpaired) electrons. The molecule has 1 rings (SSSR count). The van der Waals surface area contributed by atoms with Crippen LogP contribution in [0.1, 0.15) is 6.92 Å². The summed E-state index contributed by atoms with van der Waals surface area (Å²) in [5.41, 5.74) is 5.95. The number of benzene rings is 1. The highest BCUT2D eigenvalue weighted by Gasteiger charge is 2.37. The summed E-state index contributed by atoms with van der Waals surface area (Å²) >= 11 is 11.4. The fourth-order valence-corrected chi connectivity index (χ4v) is 2.79. The van der Waals surface area contributed by atoms with E-state index in [-0.39, 0.29) is 10.8 Å². The van der Waals surface area contributed by atoms with E-state index in [2.05, 4.69) is 0 Å². The number of nitrogen functional groups attached to an aromatic ring is 1. The first kappa shape index (κ1) is 12.6. The summed E-state index contributed by atoms with van der Waals surface area (Å²) in [6, 6.07) is 5.85. The number of nitrogens with two attached hydrogens (primary N) is 1. The van der Waals surface area contributed by atoms with Gasteiger partial charge in [0.1, 0.15) is 0 Å². The molecule has 1 atom stereocenters. The number of alkyl halides is 2. The smallest absolute Gasteiger partial charge is 0.198 e. The van der Waals surface area contributed by atoms with E-state index >= 15 is 0 Å². The number of sulfone groups is 1. The zero-order valence-corrected chi connectivity index (χ0v) is 10.4. The van der Waals surface area contributed by atoms with Gasteiger partial charge in [-0.05, 0) is 31.2 Å². The summed E-state index contributed by atoms with van der Waals surface area (Å²) < 4.78 is 22.4. The van der Waals surface area contributed by atoms with E-state index in [4.69, 9.17) is 28.9 Å². The molecule has 0 aliphatic heterocycles. The maximum Gasteiger partial charge on any atom is 0.198 e. The van der Waals surface area contributed by atoms with Gasteiger partial charge in [0.15, 0.2) is 14.0 Å². The molecule has 0 bridgehead atoms. The number of hydrogen-bond donors (Lipinski definition) is 1. The Kier molecular flexibility index (Phi) is 3.53. The Bertz CT molecular complexity index is 440. The van der Waals surface area contributed by atoms with Gasteiger partial charge in [0.05, 0.1) is 10.8 Å². The Morgan fingerprint density at radius 2 is 1.80 bits per heavy atom. The molecule has 1 aromatic carbocycles. The molecule has 0 heterocycles. The van der Waals surface area contributed by atoms with Gasteiger partial charge in [0.2, 0.25) is 0 Å². The van der Waals surface area contributed by atoms with Crippen LogP contribution in [-0.4, -0.2) is 18.5 Å². The zero-order chi connectivity index (χ0) is 11.7. The lowest BCUT2D eigenvalue weighted by Crippen LogP contribution is -2.31. The van der Waals surface area contributed by atoms with E-state index in [1.165, 1.54) is 31.2 Å². The van der Waals surface area contributed by atoms with Crippen LogP contribution in [0, 0.1) is 0 Å². The summed E-state index contributed by atoms with van der Waals surface area (Å²) in [4.78, 5) is 0.120. The van der Waals surface area contributed by atoms with E-state index in [1.807, 2.05) is 0 Å². The molecule has 0 aromatic heterocycles. The Hall–Kier alpha value is -0.450. The lowest BCUT2D eigenvalue weighted by Gasteiger charge is -2.19. The van der Waals surface area contributed by atoms with Crippen LogP contribution < -0.4 is 5.73 Å². The number of hydrogen-bond acceptors (Lipinski definition) is 3. The third-order valence-electron chi connectivity index (χ3n) is 1.99. The first-order valence-electron chi connectivity index (χ1n) is 4.16. The molecular weight excluding hydrogens is 257 g/mol. The van der Waals surface area contributed by atoms with Gasteiger partial charge in [-0.3, -0.25) is 0 Å². The van der Waals surface area contributed by atoms with Crippen LogP contribution in [0.5, 0.6) is 0 Å². The molecule has 1 unspecified atom stereocenters. The largest absolute Gasteiger partial charge is 0.399 e. The lowest BCUT2D eigenvalue weighted by atomic mass is 10.3. The highest BCUT2D eigenvalue weighted by atomic mass is 35.5. The van der Waals surface area contributed by atoms with Crippen molar-refractivity contribution in [3.63, 3.8) is 0 Å². The third-order valence-corrected chi connectivity index (χ3v) is 5.72. The molecule has 3 nitrogen and oxygen atoms in total. The van der Waals surface area contributed by atoms with Gasteiger partial charge in [0, 0.05) is 5.69 Å². The summed E-state index contributed by atoms with van der Waals surface area (Å²) in [6.07, 6.45) is 0. The van der Waals surface area contributed by atoms with Crippen LogP contribution in [0.4, 0.5) is 5.69 Å². The van der Waals surface area contributed by atoms with Crippen molar-refractivity contribution < 1.29 is 8.42 Å². The topological polar surface area (TPSA) is 60.2 Å². The van der Waals surface area contributed by atoms with Crippen molar-refractivity contribution >= 4 is 38.7 Å². The second kappa shape index (κ2) is 4.20. The molecule has 0 saturated heterocycles. The third kappa shape index (κ3) is 2.38. The highest BCUT2D eigenvalue weighted by molar-refractivity contribution is 7.94. The molecule has 6 heteroatoms. The van der Waals surface area contributed by atoms with Crippen LogP contribution in [0.2, 0.25) is 0 Å². The van der Waals surface area contributed by atoms with E-state index in [0.717, 1.165) is 0 Å². The standard InChI is InChI=1S/C9H11Cl2NO2S/c1-9(11,6-10)15(13,14)8-4-2-7(12)3-5-8/h2-5H,6,12H2,1H3. The van der Waals surface area contributed by atoms with Gasteiger partial charge >= 0.3 is 0 Å². The van der Waals surface area contributed by atoms with Gasteiger partial charge in [-0.25, -0.2) is 8.42 Å². The molecule has 0 aliphatic carbocycles. The first-order chi connectivity index (χ1) is 6.81. The monoisotopic (exact) mass is 267 g/mol. The van der Waals surface area contributed by atoms with Crippen molar-refractivity contribution in [2.75, 3.05) is 11.6 Å². The first-order valence-corrected chi connectivity index (χ1v) is 6.56. The molecule has 0 spiro atoms. The summed E-state index contributed by atoms with van der Waals surface area (Å²) in [5, 5.41) is 0. The Morgan fingerprint density at radius 3 is 2.20 bits per heavy atom. The number of rotatable bonds is 3. The predicted octanol–water partition coefficient (Wildman–Crippen LogP) is 2.24. The molecular formula is C9H11Cl2NO2S. The van der Waals surface area contributed by atoms with Crippen LogP contribution >= 0.6 is 23.2 Å². The minimum Gasteiger partial charge on any atom is -0.399 e. The average molecular weight is 268 g/mol. The summed E-state index contributed by atoms with van der Waals surface area (Å²) in [5.74, 6) is -0.179. The van der Waals surface area contributed by atoms with Crippen LogP contribution in [0.15, 0.2) is 29.2 Å². The second-order valence-electron chi connectivity index (χ2n) is 3.31. The molecule has 0 saturated carbocycles. The fraction of sp³-hybridized carbons (Fsp3) is 0.333. The van der Waals surface area contributed by atoms with Gasteiger partial charge in [-0.1, -0.05) is 0 Å². The summed E-state index contributed by atoms with van der Waals surface area (Å²) in [7, 11) is -3.63. The lowest BCUT2D eigenvalue weighted by molar-refractivity contribution is 0.581. The van der Waals surface area contributed by atoms with Gasteiger partial charge in [-0.15, -0.1) is 23.2 Å². The Balaban J connectivity index is 3.24. The van der Waals surface area contributed by atoms with Crippen molar-refractivity contribution in [2.24, 2.45) is 0 Å². The quantitative estimate of drug-likeness (QED) is 0.675. The van der Waals surface area contributed by atoms with Crippen molar-refractivity contribution in [1.29, 1.82) is 0 Å². The van der Waals surface area contributed by atoms with Crippen LogP contribution in [0.25, 0.3) is 0 Å². The minimum atomic E-state index is -3.63. The second-order valence-corrected chi connectivity index (χ2v) is 7.01. The van der Waals surface area contributed by atoms with Gasteiger partial charge < -0.3 is 5.73 Å². The molecule has 0 amide bonds. The van der Waals surface area contributed by atoms with Crippen molar-refractivity contribution in [3.05, 3.63) is 24.3 Å². The number of anilines is 1. The Labute approximate surface area is 99.1 Å². The van der Waals surface area contributed by atoms with Gasteiger partial charge in [-0.2, -0.15) is 0 Å². The molecule has 0 fully saturated rings. The van der Waals surface area contributed by atoms with E-state index in [1.54, 1.807) is 0 Å². The molecule has 0 aliphatic rings. The normalized spacial score (nSPS) is 15.9. The minimum absolute atomic E-state index is 0.120. The summed E-state index contributed by atoms with van der Waals surface area (Å²) in [6.45, 7) is 1.37. The van der Waals surface area contributed by atoms with Crippen molar-refractivity contribution in [1.82, 2.24) is 0 Å². The number of halogens is 2. The maximum absolute atomic E-state index is 11.9.